The SMILES string of the molecule is CC1CCC(C)N(CCCOC2CCNCC2)C1. The van der Waals surface area contributed by atoms with Crippen molar-refractivity contribution < 1.29 is 4.74 Å². The van der Waals surface area contributed by atoms with Crippen molar-refractivity contribution in [2.75, 3.05) is 32.8 Å². The summed E-state index contributed by atoms with van der Waals surface area (Å²) in [5.74, 6) is 0.881. The maximum atomic E-state index is 5.97. The molecule has 2 fully saturated rings. The molecule has 2 heterocycles. The van der Waals surface area contributed by atoms with Crippen LogP contribution in [0.2, 0.25) is 0 Å². The van der Waals surface area contributed by atoms with Gasteiger partial charge < -0.3 is 15.0 Å². The monoisotopic (exact) mass is 254 g/mol. The van der Waals surface area contributed by atoms with Crippen LogP contribution in [0.15, 0.2) is 0 Å². The number of hydrogen-bond acceptors (Lipinski definition) is 3. The van der Waals surface area contributed by atoms with Crippen LogP contribution in [0.4, 0.5) is 0 Å². The molecule has 3 nitrogen and oxygen atoms in total. The van der Waals surface area contributed by atoms with E-state index >= 15 is 0 Å². The number of ether oxygens (including phenoxy) is 1. The van der Waals surface area contributed by atoms with Crippen LogP contribution >= 0.6 is 0 Å². The van der Waals surface area contributed by atoms with Crippen molar-refractivity contribution in [2.24, 2.45) is 5.92 Å². The summed E-state index contributed by atoms with van der Waals surface area (Å²) in [5, 5.41) is 3.38. The Morgan fingerprint density at radius 2 is 1.89 bits per heavy atom. The summed E-state index contributed by atoms with van der Waals surface area (Å²) in [5.41, 5.74) is 0. The average Bonchev–Trinajstić information content (AvgIpc) is 2.40. The Balaban J connectivity index is 1.56. The molecular formula is C15H30N2O. The zero-order valence-electron chi connectivity index (χ0n) is 12.2. The van der Waals surface area contributed by atoms with Crippen LogP contribution in [-0.2, 0) is 4.74 Å². The molecule has 2 unspecified atom stereocenters. The van der Waals surface area contributed by atoms with Gasteiger partial charge in [-0.3, -0.25) is 0 Å². The lowest BCUT2D eigenvalue weighted by Gasteiger charge is -2.36. The van der Waals surface area contributed by atoms with Gasteiger partial charge in [0.2, 0.25) is 0 Å². The van der Waals surface area contributed by atoms with Crippen molar-refractivity contribution >= 4 is 0 Å². The van der Waals surface area contributed by atoms with E-state index in [4.69, 9.17) is 4.74 Å². The molecule has 106 valence electrons. The zero-order chi connectivity index (χ0) is 12.8. The molecule has 2 aliphatic rings. The van der Waals surface area contributed by atoms with E-state index < -0.39 is 0 Å². The summed E-state index contributed by atoms with van der Waals surface area (Å²) in [6, 6.07) is 0.778. The third-order valence-corrected chi connectivity index (χ3v) is 4.48. The lowest BCUT2D eigenvalue weighted by molar-refractivity contribution is 0.0227. The first-order chi connectivity index (χ1) is 8.75. The van der Waals surface area contributed by atoms with E-state index in [-0.39, 0.29) is 0 Å². The standard InChI is InChI=1S/C15H30N2O/c1-13-4-5-14(2)17(12-13)10-3-11-18-15-6-8-16-9-7-15/h13-16H,3-12H2,1-2H3. The zero-order valence-corrected chi connectivity index (χ0v) is 12.2. The molecule has 3 heteroatoms. The molecule has 0 radical (unpaired) electrons. The van der Waals surface area contributed by atoms with Crippen LogP contribution in [0.25, 0.3) is 0 Å². The molecule has 18 heavy (non-hydrogen) atoms. The second-order valence-electron chi connectivity index (χ2n) is 6.20. The third-order valence-electron chi connectivity index (χ3n) is 4.48. The van der Waals surface area contributed by atoms with E-state index in [2.05, 4.69) is 24.1 Å². The van der Waals surface area contributed by atoms with Crippen LogP contribution in [-0.4, -0.2) is 49.8 Å². The van der Waals surface area contributed by atoms with Gasteiger partial charge >= 0.3 is 0 Å². The first-order valence-electron chi connectivity index (χ1n) is 7.82. The van der Waals surface area contributed by atoms with Crippen molar-refractivity contribution in [2.45, 2.75) is 58.1 Å². The second kappa shape index (κ2) is 7.46. The Bertz CT molecular complexity index is 229. The number of nitrogens with one attached hydrogen (secondary N) is 1. The molecule has 0 spiro atoms. The maximum absolute atomic E-state index is 5.97. The third kappa shape index (κ3) is 4.52. The Hall–Kier alpha value is -0.120. The highest BCUT2D eigenvalue weighted by Gasteiger charge is 2.22. The molecule has 0 saturated carbocycles. The van der Waals surface area contributed by atoms with E-state index in [1.165, 1.54) is 45.2 Å². The van der Waals surface area contributed by atoms with E-state index in [1.54, 1.807) is 0 Å². The molecule has 0 bridgehead atoms. The minimum atomic E-state index is 0.518. The summed E-state index contributed by atoms with van der Waals surface area (Å²) < 4.78 is 5.97. The summed E-state index contributed by atoms with van der Waals surface area (Å²) in [4.78, 5) is 2.65. The smallest absolute Gasteiger partial charge is 0.0599 e. The Morgan fingerprint density at radius 3 is 2.67 bits per heavy atom. The second-order valence-corrected chi connectivity index (χ2v) is 6.20. The van der Waals surface area contributed by atoms with E-state index in [0.29, 0.717) is 6.10 Å². The van der Waals surface area contributed by atoms with E-state index in [0.717, 1.165) is 31.7 Å². The molecule has 0 aliphatic carbocycles. The summed E-state index contributed by atoms with van der Waals surface area (Å²) >= 11 is 0. The topological polar surface area (TPSA) is 24.5 Å². The van der Waals surface area contributed by atoms with E-state index in [9.17, 15) is 0 Å². The number of rotatable bonds is 5. The van der Waals surface area contributed by atoms with Gasteiger partial charge in [0.25, 0.3) is 0 Å². The highest BCUT2D eigenvalue weighted by atomic mass is 16.5. The fourth-order valence-corrected chi connectivity index (χ4v) is 3.17. The molecule has 2 aliphatic heterocycles. The summed E-state index contributed by atoms with van der Waals surface area (Å²) in [7, 11) is 0. The van der Waals surface area contributed by atoms with Gasteiger partial charge in [-0.05, 0) is 58.0 Å². The van der Waals surface area contributed by atoms with E-state index in [1.807, 2.05) is 0 Å². The van der Waals surface area contributed by atoms with Crippen LogP contribution in [0.3, 0.4) is 0 Å². The first kappa shape index (κ1) is 14.3. The fraction of sp³-hybridized carbons (Fsp3) is 1.00. The molecule has 2 saturated heterocycles. The Kier molecular flexibility index (Phi) is 5.93. The lowest BCUT2D eigenvalue weighted by Crippen LogP contribution is -2.41. The average molecular weight is 254 g/mol. The Labute approximate surface area is 112 Å². The van der Waals surface area contributed by atoms with Crippen molar-refractivity contribution in [3.8, 4) is 0 Å². The predicted molar refractivity (Wildman–Crippen MR) is 75.9 cm³/mol. The molecule has 0 aromatic heterocycles. The highest BCUT2D eigenvalue weighted by molar-refractivity contribution is 4.76. The van der Waals surface area contributed by atoms with Crippen LogP contribution < -0.4 is 5.32 Å². The van der Waals surface area contributed by atoms with Crippen molar-refractivity contribution in [3.63, 3.8) is 0 Å². The van der Waals surface area contributed by atoms with Gasteiger partial charge in [0.05, 0.1) is 6.10 Å². The van der Waals surface area contributed by atoms with Crippen LogP contribution in [0, 0.1) is 5.92 Å². The van der Waals surface area contributed by atoms with Gasteiger partial charge in [0.15, 0.2) is 0 Å². The largest absolute Gasteiger partial charge is 0.378 e. The van der Waals surface area contributed by atoms with Gasteiger partial charge in [-0.1, -0.05) is 6.92 Å². The summed E-state index contributed by atoms with van der Waals surface area (Å²) in [6.07, 6.45) is 6.87. The molecule has 0 amide bonds. The van der Waals surface area contributed by atoms with Crippen molar-refractivity contribution in [1.82, 2.24) is 10.2 Å². The van der Waals surface area contributed by atoms with Crippen LogP contribution in [0.1, 0.15) is 46.0 Å². The van der Waals surface area contributed by atoms with Crippen LogP contribution in [0.5, 0.6) is 0 Å². The highest BCUT2D eigenvalue weighted by Crippen LogP contribution is 2.21. The molecule has 2 rings (SSSR count). The normalized spacial score (nSPS) is 31.7. The van der Waals surface area contributed by atoms with Crippen molar-refractivity contribution in [1.29, 1.82) is 0 Å². The maximum Gasteiger partial charge on any atom is 0.0599 e. The molecule has 0 aromatic rings. The minimum Gasteiger partial charge on any atom is -0.378 e. The number of hydrogen-bond donors (Lipinski definition) is 1. The van der Waals surface area contributed by atoms with Gasteiger partial charge in [-0.15, -0.1) is 0 Å². The molecule has 0 aromatic carbocycles. The van der Waals surface area contributed by atoms with Gasteiger partial charge in [0.1, 0.15) is 0 Å². The Morgan fingerprint density at radius 1 is 1.11 bits per heavy atom. The number of likely N-dealkylation sites (tertiary alicyclic amines) is 1. The minimum absolute atomic E-state index is 0.518. The predicted octanol–water partition coefficient (Wildman–Crippen LogP) is 2.27. The molecular weight excluding hydrogens is 224 g/mol. The lowest BCUT2D eigenvalue weighted by atomic mass is 9.95. The molecule has 1 N–H and O–H groups in total. The first-order valence-corrected chi connectivity index (χ1v) is 7.82. The van der Waals surface area contributed by atoms with Gasteiger partial charge in [-0.25, -0.2) is 0 Å². The van der Waals surface area contributed by atoms with Gasteiger partial charge in [0, 0.05) is 25.7 Å². The number of piperidine rings is 2. The fourth-order valence-electron chi connectivity index (χ4n) is 3.17. The summed E-state index contributed by atoms with van der Waals surface area (Å²) in [6.45, 7) is 10.5. The van der Waals surface area contributed by atoms with Gasteiger partial charge in [-0.2, -0.15) is 0 Å². The molecule has 2 atom stereocenters. The van der Waals surface area contributed by atoms with Crippen molar-refractivity contribution in [3.05, 3.63) is 0 Å². The number of nitrogens with zero attached hydrogens (tertiary/aromatic N) is 1. The quantitative estimate of drug-likeness (QED) is 0.762.